The maximum atomic E-state index is 11.7. The number of amides is 2. The summed E-state index contributed by atoms with van der Waals surface area (Å²) in [6.07, 6.45) is 7.27. The lowest BCUT2D eigenvalue weighted by Gasteiger charge is -2.27. The first-order valence-electron chi connectivity index (χ1n) is 5.68. The van der Waals surface area contributed by atoms with Gasteiger partial charge < -0.3 is 9.80 Å². The quantitative estimate of drug-likeness (QED) is 0.635. The van der Waals surface area contributed by atoms with Crippen molar-refractivity contribution < 1.29 is 4.79 Å². The highest BCUT2D eigenvalue weighted by atomic mass is 16.2. The summed E-state index contributed by atoms with van der Waals surface area (Å²) in [5.41, 5.74) is 0. The summed E-state index contributed by atoms with van der Waals surface area (Å²) in [5, 5.41) is 0. The normalized spacial score (nSPS) is 32.1. The number of rotatable bonds is 2. The molecule has 2 amide bonds. The van der Waals surface area contributed by atoms with Crippen LogP contribution in [0.25, 0.3) is 0 Å². The highest BCUT2D eigenvalue weighted by Gasteiger charge is 2.36. The van der Waals surface area contributed by atoms with Crippen LogP contribution in [0.4, 0.5) is 4.79 Å². The van der Waals surface area contributed by atoms with E-state index in [1.165, 1.54) is 12.8 Å². The fourth-order valence-electron chi connectivity index (χ4n) is 2.88. The van der Waals surface area contributed by atoms with Crippen molar-refractivity contribution in [3.8, 4) is 0 Å². The minimum Gasteiger partial charge on any atom is -0.331 e. The van der Waals surface area contributed by atoms with Crippen LogP contribution in [-0.4, -0.2) is 43.5 Å². The Balaban J connectivity index is 1.87. The largest absolute Gasteiger partial charge is 0.331 e. The monoisotopic (exact) mass is 208 g/mol. The maximum absolute atomic E-state index is 11.7. The molecule has 15 heavy (non-hydrogen) atoms. The fraction of sp³-hybridized carbons (Fsp3) is 0.750. The molecule has 2 bridgehead atoms. The third-order valence-electron chi connectivity index (χ3n) is 3.63. The van der Waals surface area contributed by atoms with Crippen LogP contribution in [0.1, 0.15) is 12.8 Å². The third-order valence-corrected chi connectivity index (χ3v) is 3.63. The molecule has 0 aromatic heterocycles. The first-order valence-corrected chi connectivity index (χ1v) is 5.68. The Morgan fingerprint density at radius 1 is 1.27 bits per heavy atom. The summed E-state index contributed by atoms with van der Waals surface area (Å²) in [4.78, 5) is 15.2. The molecule has 84 valence electrons. The van der Waals surface area contributed by atoms with Crippen molar-refractivity contribution in [3.05, 3.63) is 12.2 Å². The molecule has 3 heteroatoms. The highest BCUT2D eigenvalue weighted by Crippen LogP contribution is 2.43. The van der Waals surface area contributed by atoms with Crippen molar-refractivity contribution in [1.29, 1.82) is 0 Å². The van der Waals surface area contributed by atoms with E-state index in [1.54, 1.807) is 19.0 Å². The number of carbonyl (C=O) groups excluding carboxylic acids is 1. The number of urea groups is 1. The lowest BCUT2D eigenvalue weighted by Crippen LogP contribution is -2.39. The first-order chi connectivity index (χ1) is 7.08. The predicted octanol–water partition coefficient (Wildman–Crippen LogP) is 1.81. The van der Waals surface area contributed by atoms with Gasteiger partial charge in [0.15, 0.2) is 0 Å². The van der Waals surface area contributed by atoms with Crippen LogP contribution < -0.4 is 0 Å². The van der Waals surface area contributed by atoms with Crippen LogP contribution in [-0.2, 0) is 0 Å². The Morgan fingerprint density at radius 3 is 2.47 bits per heavy atom. The van der Waals surface area contributed by atoms with Crippen LogP contribution in [0.15, 0.2) is 12.2 Å². The molecular weight excluding hydrogens is 188 g/mol. The second kappa shape index (κ2) is 3.87. The van der Waals surface area contributed by atoms with Gasteiger partial charge >= 0.3 is 6.03 Å². The molecule has 3 nitrogen and oxygen atoms in total. The molecule has 0 spiro atoms. The predicted molar refractivity (Wildman–Crippen MR) is 60.6 cm³/mol. The molecule has 2 rings (SSSR count). The van der Waals surface area contributed by atoms with Crippen LogP contribution in [0.2, 0.25) is 0 Å². The molecule has 2 aliphatic carbocycles. The second-order valence-electron chi connectivity index (χ2n) is 5.10. The Kier molecular flexibility index (Phi) is 2.72. The summed E-state index contributed by atoms with van der Waals surface area (Å²) in [6.45, 7) is 0.905. The minimum atomic E-state index is 0.113. The first kappa shape index (κ1) is 10.5. The van der Waals surface area contributed by atoms with E-state index in [1.807, 2.05) is 11.9 Å². The third kappa shape index (κ3) is 2.01. The molecular formula is C12H20N2O. The molecule has 2 aliphatic rings. The summed E-state index contributed by atoms with van der Waals surface area (Å²) in [6, 6.07) is 0.113. The van der Waals surface area contributed by atoms with E-state index >= 15 is 0 Å². The van der Waals surface area contributed by atoms with Gasteiger partial charge in [0.1, 0.15) is 0 Å². The van der Waals surface area contributed by atoms with Crippen molar-refractivity contribution in [1.82, 2.24) is 9.80 Å². The van der Waals surface area contributed by atoms with E-state index in [0.29, 0.717) is 5.92 Å². The molecule has 0 heterocycles. The molecule has 0 aromatic carbocycles. The molecule has 1 saturated carbocycles. The number of carbonyl (C=O) groups is 1. The zero-order chi connectivity index (χ0) is 11.0. The van der Waals surface area contributed by atoms with Gasteiger partial charge in [0.2, 0.25) is 0 Å². The number of hydrogen-bond acceptors (Lipinski definition) is 1. The molecule has 3 unspecified atom stereocenters. The molecule has 0 radical (unpaired) electrons. The van der Waals surface area contributed by atoms with Gasteiger partial charge in [-0.1, -0.05) is 12.2 Å². The average Bonchev–Trinajstić information content (AvgIpc) is 2.77. The minimum absolute atomic E-state index is 0.113. The topological polar surface area (TPSA) is 23.6 Å². The van der Waals surface area contributed by atoms with Gasteiger partial charge in [-0.3, -0.25) is 0 Å². The summed E-state index contributed by atoms with van der Waals surface area (Å²) in [7, 11) is 5.51. The van der Waals surface area contributed by atoms with E-state index in [2.05, 4.69) is 12.2 Å². The SMILES string of the molecule is CN(C)C(=O)N(C)CC1CC2C=CC1C2. The van der Waals surface area contributed by atoms with Gasteiger partial charge in [-0.25, -0.2) is 4.79 Å². The molecule has 0 N–H and O–H groups in total. The highest BCUT2D eigenvalue weighted by molar-refractivity contribution is 5.73. The van der Waals surface area contributed by atoms with E-state index in [0.717, 1.165) is 18.4 Å². The lowest BCUT2D eigenvalue weighted by atomic mass is 9.93. The molecule has 0 aliphatic heterocycles. The van der Waals surface area contributed by atoms with Gasteiger partial charge in [0.05, 0.1) is 0 Å². The molecule has 1 fully saturated rings. The summed E-state index contributed by atoms with van der Waals surface area (Å²) in [5.74, 6) is 2.21. The lowest BCUT2D eigenvalue weighted by molar-refractivity contribution is 0.171. The van der Waals surface area contributed by atoms with Crippen molar-refractivity contribution in [2.45, 2.75) is 12.8 Å². The second-order valence-corrected chi connectivity index (χ2v) is 5.10. The number of allylic oxidation sites excluding steroid dienone is 2. The Bertz CT molecular complexity index is 285. The standard InChI is InChI=1S/C12H20N2O/c1-13(2)12(15)14(3)8-11-7-9-4-5-10(11)6-9/h4-5,9-11H,6-8H2,1-3H3. The van der Waals surface area contributed by atoms with Gasteiger partial charge in [-0.15, -0.1) is 0 Å². The van der Waals surface area contributed by atoms with Crippen molar-refractivity contribution in [2.75, 3.05) is 27.7 Å². The van der Waals surface area contributed by atoms with Crippen LogP contribution in [0.5, 0.6) is 0 Å². The van der Waals surface area contributed by atoms with Gasteiger partial charge in [-0.05, 0) is 30.6 Å². The Labute approximate surface area is 91.7 Å². The van der Waals surface area contributed by atoms with Gasteiger partial charge in [0, 0.05) is 27.7 Å². The van der Waals surface area contributed by atoms with Crippen LogP contribution in [0, 0.1) is 17.8 Å². The average molecular weight is 208 g/mol. The van der Waals surface area contributed by atoms with Gasteiger partial charge in [-0.2, -0.15) is 0 Å². The van der Waals surface area contributed by atoms with Gasteiger partial charge in [0.25, 0.3) is 0 Å². The number of nitrogens with zero attached hydrogens (tertiary/aromatic N) is 2. The smallest absolute Gasteiger partial charge is 0.319 e. The number of fused-ring (bicyclic) bond motifs is 2. The molecule has 3 atom stereocenters. The fourth-order valence-corrected chi connectivity index (χ4v) is 2.88. The van der Waals surface area contributed by atoms with Crippen molar-refractivity contribution >= 4 is 6.03 Å². The molecule has 0 saturated heterocycles. The summed E-state index contributed by atoms with van der Waals surface area (Å²) < 4.78 is 0. The van der Waals surface area contributed by atoms with Crippen LogP contribution >= 0.6 is 0 Å². The Hall–Kier alpha value is -0.990. The van der Waals surface area contributed by atoms with E-state index < -0.39 is 0 Å². The number of hydrogen-bond donors (Lipinski definition) is 0. The Morgan fingerprint density at radius 2 is 2.00 bits per heavy atom. The van der Waals surface area contributed by atoms with E-state index in [9.17, 15) is 4.79 Å². The van der Waals surface area contributed by atoms with Crippen molar-refractivity contribution in [2.24, 2.45) is 17.8 Å². The van der Waals surface area contributed by atoms with Crippen molar-refractivity contribution in [3.63, 3.8) is 0 Å². The van der Waals surface area contributed by atoms with E-state index in [-0.39, 0.29) is 6.03 Å². The zero-order valence-electron chi connectivity index (χ0n) is 9.81. The zero-order valence-corrected chi connectivity index (χ0v) is 9.81. The maximum Gasteiger partial charge on any atom is 0.319 e. The molecule has 0 aromatic rings. The van der Waals surface area contributed by atoms with E-state index in [4.69, 9.17) is 0 Å². The summed E-state index contributed by atoms with van der Waals surface area (Å²) >= 11 is 0. The van der Waals surface area contributed by atoms with Crippen LogP contribution in [0.3, 0.4) is 0 Å².